The van der Waals surface area contributed by atoms with E-state index in [1.807, 2.05) is 74.5 Å². The van der Waals surface area contributed by atoms with Gasteiger partial charge in [0.1, 0.15) is 5.69 Å². The largest absolute Gasteiger partial charge is 0.344 e. The van der Waals surface area contributed by atoms with E-state index in [1.54, 1.807) is 6.20 Å². The highest BCUT2D eigenvalue weighted by Gasteiger charge is 2.16. The number of aromatic nitrogens is 2. The van der Waals surface area contributed by atoms with Crippen LogP contribution >= 0.6 is 0 Å². The predicted molar refractivity (Wildman–Crippen MR) is 98.8 cm³/mol. The van der Waals surface area contributed by atoms with Crippen molar-refractivity contribution >= 4 is 17.5 Å². The summed E-state index contributed by atoms with van der Waals surface area (Å²) in [7, 11) is 0. The van der Waals surface area contributed by atoms with Crippen molar-refractivity contribution in [3.8, 4) is 0 Å². The fourth-order valence-corrected chi connectivity index (χ4v) is 2.47. The van der Waals surface area contributed by atoms with E-state index in [9.17, 15) is 4.79 Å². The Morgan fingerprint density at radius 3 is 2.32 bits per heavy atom. The van der Waals surface area contributed by atoms with Crippen LogP contribution in [-0.4, -0.2) is 15.9 Å². The van der Waals surface area contributed by atoms with Gasteiger partial charge in [0.2, 0.25) is 5.95 Å². The number of hydrogen-bond acceptors (Lipinski definition) is 4. The smallest absolute Gasteiger partial charge is 0.270 e. The van der Waals surface area contributed by atoms with Crippen molar-refractivity contribution in [2.75, 3.05) is 5.32 Å². The van der Waals surface area contributed by atoms with E-state index in [0.717, 1.165) is 16.8 Å². The molecule has 2 aromatic carbocycles. The summed E-state index contributed by atoms with van der Waals surface area (Å²) in [5.74, 6) is 0.182. The molecule has 1 atom stereocenters. The molecule has 1 amide bonds. The average Bonchev–Trinajstić information content (AvgIpc) is 2.65. The number of rotatable bonds is 5. The van der Waals surface area contributed by atoms with E-state index in [-0.39, 0.29) is 11.9 Å². The lowest BCUT2D eigenvalue weighted by Gasteiger charge is -2.15. The van der Waals surface area contributed by atoms with Crippen LogP contribution in [0.15, 0.2) is 66.9 Å². The van der Waals surface area contributed by atoms with Crippen molar-refractivity contribution in [1.82, 2.24) is 15.3 Å². The van der Waals surface area contributed by atoms with Gasteiger partial charge < -0.3 is 10.6 Å². The van der Waals surface area contributed by atoms with Gasteiger partial charge >= 0.3 is 0 Å². The maximum atomic E-state index is 12.6. The first kappa shape index (κ1) is 16.6. The number of carbonyl (C=O) groups excluding carboxylic acids is 1. The number of nitrogens with zero attached hydrogens (tertiary/aromatic N) is 2. The van der Waals surface area contributed by atoms with Crippen LogP contribution in [0, 0.1) is 6.92 Å². The summed E-state index contributed by atoms with van der Waals surface area (Å²) in [6, 6.07) is 19.3. The monoisotopic (exact) mass is 332 g/mol. The minimum Gasteiger partial charge on any atom is -0.344 e. The lowest BCUT2D eigenvalue weighted by atomic mass is 10.1. The van der Waals surface area contributed by atoms with Gasteiger partial charge in [-0.15, -0.1) is 0 Å². The van der Waals surface area contributed by atoms with Gasteiger partial charge in [-0.2, -0.15) is 0 Å². The van der Waals surface area contributed by atoms with Gasteiger partial charge in [0.25, 0.3) is 5.91 Å². The van der Waals surface area contributed by atoms with Crippen molar-refractivity contribution in [2.45, 2.75) is 19.9 Å². The van der Waals surface area contributed by atoms with E-state index in [2.05, 4.69) is 20.6 Å². The Balaban J connectivity index is 1.76. The zero-order chi connectivity index (χ0) is 17.6. The Morgan fingerprint density at radius 2 is 1.64 bits per heavy atom. The summed E-state index contributed by atoms with van der Waals surface area (Å²) in [6.45, 7) is 3.78. The molecular formula is C20H20N4O. The Kier molecular flexibility index (Phi) is 5.04. The summed E-state index contributed by atoms with van der Waals surface area (Å²) >= 11 is 0. The second-order valence-corrected chi connectivity index (χ2v) is 5.82. The van der Waals surface area contributed by atoms with E-state index in [4.69, 9.17) is 0 Å². The van der Waals surface area contributed by atoms with Crippen molar-refractivity contribution < 1.29 is 4.79 Å². The van der Waals surface area contributed by atoms with Crippen LogP contribution < -0.4 is 10.6 Å². The topological polar surface area (TPSA) is 66.9 Å². The molecule has 0 saturated carbocycles. The molecule has 1 unspecified atom stereocenters. The van der Waals surface area contributed by atoms with Gasteiger partial charge in [-0.05, 0) is 37.1 Å². The Morgan fingerprint density at radius 1 is 1.00 bits per heavy atom. The SMILES string of the molecule is Cc1cnc(Nc2ccccc2)nc1C(=O)NC(C)c1ccccc1. The lowest BCUT2D eigenvalue weighted by Crippen LogP contribution is -2.28. The third-order valence-electron chi connectivity index (χ3n) is 3.86. The molecule has 5 nitrogen and oxygen atoms in total. The van der Waals surface area contributed by atoms with E-state index in [1.165, 1.54) is 0 Å². The number of hydrogen-bond donors (Lipinski definition) is 2. The Bertz CT molecular complexity index is 850. The highest BCUT2D eigenvalue weighted by molar-refractivity contribution is 5.94. The third kappa shape index (κ3) is 4.20. The summed E-state index contributed by atoms with van der Waals surface area (Å²) in [5, 5.41) is 6.10. The van der Waals surface area contributed by atoms with Crippen molar-refractivity contribution in [1.29, 1.82) is 0 Å². The molecule has 0 bridgehead atoms. The number of carbonyl (C=O) groups is 1. The number of para-hydroxylation sites is 1. The molecule has 0 saturated heterocycles. The molecule has 3 rings (SSSR count). The van der Waals surface area contributed by atoms with Gasteiger partial charge in [0.15, 0.2) is 0 Å². The molecule has 2 N–H and O–H groups in total. The quantitative estimate of drug-likeness (QED) is 0.740. The minimum absolute atomic E-state index is 0.103. The van der Waals surface area contributed by atoms with Gasteiger partial charge in [-0.1, -0.05) is 48.5 Å². The van der Waals surface area contributed by atoms with E-state index >= 15 is 0 Å². The van der Waals surface area contributed by atoms with Gasteiger partial charge in [-0.3, -0.25) is 4.79 Å². The molecule has 1 aromatic heterocycles. The van der Waals surface area contributed by atoms with Gasteiger partial charge in [-0.25, -0.2) is 9.97 Å². The van der Waals surface area contributed by atoms with Crippen LogP contribution in [0.3, 0.4) is 0 Å². The van der Waals surface area contributed by atoms with Gasteiger partial charge in [0.05, 0.1) is 6.04 Å². The van der Waals surface area contributed by atoms with Crippen molar-refractivity contribution in [2.24, 2.45) is 0 Å². The fourth-order valence-electron chi connectivity index (χ4n) is 2.47. The first-order valence-electron chi connectivity index (χ1n) is 8.15. The highest BCUT2D eigenvalue weighted by Crippen LogP contribution is 2.16. The third-order valence-corrected chi connectivity index (χ3v) is 3.86. The summed E-state index contributed by atoms with van der Waals surface area (Å²) in [6.07, 6.45) is 1.65. The molecule has 0 aliphatic carbocycles. The molecule has 0 radical (unpaired) electrons. The predicted octanol–water partition coefficient (Wildman–Crippen LogP) is 4.02. The number of amides is 1. The van der Waals surface area contributed by atoms with E-state index in [0.29, 0.717) is 11.6 Å². The van der Waals surface area contributed by atoms with Crippen LogP contribution in [-0.2, 0) is 0 Å². The zero-order valence-corrected chi connectivity index (χ0v) is 14.2. The van der Waals surface area contributed by atoms with E-state index < -0.39 is 0 Å². The molecule has 3 aromatic rings. The first-order valence-corrected chi connectivity index (χ1v) is 8.15. The van der Waals surface area contributed by atoms with Crippen LogP contribution in [0.5, 0.6) is 0 Å². The normalized spacial score (nSPS) is 11.6. The zero-order valence-electron chi connectivity index (χ0n) is 14.2. The van der Waals surface area contributed by atoms with Crippen molar-refractivity contribution in [3.63, 3.8) is 0 Å². The molecule has 5 heteroatoms. The second-order valence-electron chi connectivity index (χ2n) is 5.82. The number of anilines is 2. The molecule has 126 valence electrons. The van der Waals surface area contributed by atoms with Crippen LogP contribution in [0.2, 0.25) is 0 Å². The van der Waals surface area contributed by atoms with Crippen LogP contribution in [0.4, 0.5) is 11.6 Å². The molecule has 1 heterocycles. The molecule has 0 spiro atoms. The molecule has 0 aliphatic rings. The van der Waals surface area contributed by atoms with Crippen LogP contribution in [0.1, 0.15) is 34.6 Å². The summed E-state index contributed by atoms with van der Waals surface area (Å²) in [4.78, 5) is 21.3. The fraction of sp³-hybridized carbons (Fsp3) is 0.150. The number of aryl methyl sites for hydroxylation is 1. The highest BCUT2D eigenvalue weighted by atomic mass is 16.1. The van der Waals surface area contributed by atoms with Crippen LogP contribution in [0.25, 0.3) is 0 Å². The number of benzene rings is 2. The standard InChI is InChI=1S/C20H20N4O/c1-14-13-21-20(23-17-11-7-4-8-12-17)24-18(14)19(25)22-15(2)16-9-5-3-6-10-16/h3-13,15H,1-2H3,(H,22,25)(H,21,23,24). The summed E-state index contributed by atoms with van der Waals surface area (Å²) < 4.78 is 0. The molecular weight excluding hydrogens is 312 g/mol. The molecule has 0 aliphatic heterocycles. The average molecular weight is 332 g/mol. The number of nitrogens with one attached hydrogen (secondary N) is 2. The summed E-state index contributed by atoms with van der Waals surface area (Å²) in [5.41, 5.74) is 3.02. The molecule has 0 fully saturated rings. The Hall–Kier alpha value is -3.21. The first-order chi connectivity index (χ1) is 12.1. The maximum Gasteiger partial charge on any atom is 0.270 e. The maximum absolute atomic E-state index is 12.6. The minimum atomic E-state index is -0.215. The lowest BCUT2D eigenvalue weighted by molar-refractivity contribution is 0.0934. The Labute approximate surface area is 147 Å². The van der Waals surface area contributed by atoms with Gasteiger partial charge in [0, 0.05) is 11.9 Å². The molecule has 25 heavy (non-hydrogen) atoms. The van der Waals surface area contributed by atoms with Crippen molar-refractivity contribution in [3.05, 3.63) is 83.7 Å². The second kappa shape index (κ2) is 7.57.